The van der Waals surface area contributed by atoms with Gasteiger partial charge in [-0.25, -0.2) is 4.98 Å². The number of thiophene rings is 1. The third kappa shape index (κ3) is 3.19. The molecule has 1 unspecified atom stereocenters. The van der Waals surface area contributed by atoms with Gasteiger partial charge in [-0.3, -0.25) is 0 Å². The minimum absolute atomic E-state index is 0.0917. The van der Waals surface area contributed by atoms with Gasteiger partial charge in [-0.05, 0) is 17.9 Å². The summed E-state index contributed by atoms with van der Waals surface area (Å²) in [4.78, 5) is 5.73. The number of nitrogens with two attached hydrogens (primary N) is 1. The first-order valence-electron chi connectivity index (χ1n) is 6.64. The van der Waals surface area contributed by atoms with Crippen LogP contribution in [0.25, 0.3) is 11.3 Å². The highest BCUT2D eigenvalue weighted by Gasteiger charge is 2.16. The lowest BCUT2D eigenvalue weighted by atomic mass is 10.1. The lowest BCUT2D eigenvalue weighted by molar-refractivity contribution is 0.732. The molecule has 0 aliphatic heterocycles. The van der Waals surface area contributed by atoms with Crippen LogP contribution in [0.5, 0.6) is 0 Å². The van der Waals surface area contributed by atoms with Gasteiger partial charge in [0.1, 0.15) is 0 Å². The van der Waals surface area contributed by atoms with Crippen molar-refractivity contribution in [3.63, 3.8) is 0 Å². The Hall–Kier alpha value is -1.20. The van der Waals surface area contributed by atoms with Crippen LogP contribution in [0.1, 0.15) is 21.5 Å². The van der Waals surface area contributed by atoms with Crippen molar-refractivity contribution >= 4 is 34.3 Å². The number of benzene rings is 1. The van der Waals surface area contributed by atoms with E-state index in [-0.39, 0.29) is 6.04 Å². The predicted octanol–water partition coefficient (Wildman–Crippen LogP) is 5.08. The normalized spacial score (nSPS) is 12.5. The van der Waals surface area contributed by atoms with Crippen LogP contribution in [0.2, 0.25) is 5.02 Å². The first-order chi connectivity index (χ1) is 10.1. The van der Waals surface area contributed by atoms with Crippen LogP contribution in [0, 0.1) is 6.92 Å². The standard InChI is InChI=1S/C16H15ClN2S2/c1-10-8-21-16(15(10)17)12(18)7-14-19-13(9-20-14)11-5-3-2-4-6-11/h2-6,8-9,12H,7,18H2,1H3. The smallest absolute Gasteiger partial charge is 0.0951 e. The van der Waals surface area contributed by atoms with Gasteiger partial charge in [0.05, 0.1) is 15.7 Å². The second kappa shape index (κ2) is 6.28. The highest BCUT2D eigenvalue weighted by atomic mass is 35.5. The topological polar surface area (TPSA) is 38.9 Å². The largest absolute Gasteiger partial charge is 0.323 e. The van der Waals surface area contributed by atoms with E-state index in [9.17, 15) is 0 Å². The van der Waals surface area contributed by atoms with E-state index in [1.807, 2.05) is 25.1 Å². The Labute approximate surface area is 137 Å². The molecule has 2 heterocycles. The van der Waals surface area contributed by atoms with Crippen LogP contribution >= 0.6 is 34.3 Å². The molecule has 0 bridgehead atoms. The van der Waals surface area contributed by atoms with Crippen LogP contribution in [-0.2, 0) is 6.42 Å². The Morgan fingerprint density at radius 3 is 2.62 bits per heavy atom. The molecule has 0 aliphatic carbocycles. The molecule has 0 spiro atoms. The number of hydrogen-bond acceptors (Lipinski definition) is 4. The van der Waals surface area contributed by atoms with Gasteiger partial charge in [0, 0.05) is 28.3 Å². The van der Waals surface area contributed by atoms with Crippen LogP contribution in [-0.4, -0.2) is 4.98 Å². The Morgan fingerprint density at radius 1 is 1.19 bits per heavy atom. The molecule has 0 amide bonds. The summed E-state index contributed by atoms with van der Waals surface area (Å²) in [5, 5.41) is 5.98. The Morgan fingerprint density at radius 2 is 1.95 bits per heavy atom. The van der Waals surface area contributed by atoms with E-state index < -0.39 is 0 Å². The molecule has 0 aliphatic rings. The van der Waals surface area contributed by atoms with E-state index in [0.717, 1.165) is 38.1 Å². The molecule has 3 rings (SSSR count). The van der Waals surface area contributed by atoms with Crippen molar-refractivity contribution in [1.82, 2.24) is 4.98 Å². The first kappa shape index (κ1) is 14.7. The van der Waals surface area contributed by atoms with Crippen molar-refractivity contribution in [1.29, 1.82) is 0 Å². The fourth-order valence-electron chi connectivity index (χ4n) is 2.13. The van der Waals surface area contributed by atoms with E-state index in [4.69, 9.17) is 17.3 Å². The first-order valence-corrected chi connectivity index (χ1v) is 8.77. The molecule has 3 aromatic rings. The number of hydrogen-bond donors (Lipinski definition) is 1. The molecule has 0 saturated carbocycles. The van der Waals surface area contributed by atoms with Gasteiger partial charge in [-0.2, -0.15) is 0 Å². The maximum Gasteiger partial charge on any atom is 0.0951 e. The fraction of sp³-hybridized carbons (Fsp3) is 0.188. The number of aromatic nitrogens is 1. The minimum Gasteiger partial charge on any atom is -0.323 e. The number of thiazole rings is 1. The monoisotopic (exact) mass is 334 g/mol. The molecule has 1 atom stereocenters. The van der Waals surface area contributed by atoms with Gasteiger partial charge < -0.3 is 5.73 Å². The van der Waals surface area contributed by atoms with Crippen molar-refractivity contribution in [3.8, 4) is 11.3 Å². The maximum atomic E-state index is 6.28. The Bertz CT molecular complexity index is 734. The summed E-state index contributed by atoms with van der Waals surface area (Å²) in [6.45, 7) is 2.01. The third-order valence-electron chi connectivity index (χ3n) is 3.28. The van der Waals surface area contributed by atoms with Crippen molar-refractivity contribution in [2.45, 2.75) is 19.4 Å². The molecule has 2 nitrogen and oxygen atoms in total. The zero-order valence-corrected chi connectivity index (χ0v) is 13.9. The summed E-state index contributed by atoms with van der Waals surface area (Å²) in [5.41, 5.74) is 9.52. The van der Waals surface area contributed by atoms with Crippen molar-refractivity contribution in [2.75, 3.05) is 0 Å². The quantitative estimate of drug-likeness (QED) is 0.723. The van der Waals surface area contributed by atoms with E-state index in [0.29, 0.717) is 0 Å². The number of nitrogens with zero attached hydrogens (tertiary/aromatic N) is 1. The van der Waals surface area contributed by atoms with Crippen molar-refractivity contribution in [3.05, 3.63) is 61.6 Å². The van der Waals surface area contributed by atoms with E-state index >= 15 is 0 Å². The Balaban J connectivity index is 1.77. The van der Waals surface area contributed by atoms with Gasteiger partial charge >= 0.3 is 0 Å². The van der Waals surface area contributed by atoms with Crippen molar-refractivity contribution in [2.24, 2.45) is 5.73 Å². The molecule has 0 saturated heterocycles. The highest BCUT2D eigenvalue weighted by molar-refractivity contribution is 7.11. The Kier molecular flexibility index (Phi) is 4.40. The molecular formula is C16H15ClN2S2. The lowest BCUT2D eigenvalue weighted by Gasteiger charge is -2.08. The third-order valence-corrected chi connectivity index (χ3v) is 5.99. The van der Waals surface area contributed by atoms with E-state index in [1.165, 1.54) is 0 Å². The zero-order chi connectivity index (χ0) is 14.8. The molecule has 0 radical (unpaired) electrons. The molecule has 5 heteroatoms. The molecule has 1 aromatic carbocycles. The second-order valence-corrected chi connectivity index (χ2v) is 7.13. The van der Waals surface area contributed by atoms with Crippen LogP contribution in [0.4, 0.5) is 0 Å². The number of aryl methyl sites for hydroxylation is 1. The van der Waals surface area contributed by atoms with E-state index in [2.05, 4.69) is 27.9 Å². The molecule has 2 N–H and O–H groups in total. The van der Waals surface area contributed by atoms with Gasteiger partial charge in [0.25, 0.3) is 0 Å². The van der Waals surface area contributed by atoms with Crippen LogP contribution in [0.15, 0.2) is 41.1 Å². The summed E-state index contributed by atoms with van der Waals surface area (Å²) in [7, 11) is 0. The molecule has 108 valence electrons. The SMILES string of the molecule is Cc1csc(C(N)Cc2nc(-c3ccccc3)cs2)c1Cl. The minimum atomic E-state index is -0.0917. The van der Waals surface area contributed by atoms with Crippen molar-refractivity contribution < 1.29 is 0 Å². The molecule has 0 fully saturated rings. The average molecular weight is 335 g/mol. The molecule has 21 heavy (non-hydrogen) atoms. The zero-order valence-electron chi connectivity index (χ0n) is 11.5. The van der Waals surface area contributed by atoms with Gasteiger partial charge in [0.2, 0.25) is 0 Å². The molecule has 2 aromatic heterocycles. The summed E-state index contributed by atoms with van der Waals surface area (Å²) in [6, 6.07) is 10.1. The van der Waals surface area contributed by atoms with Gasteiger partial charge in [0.15, 0.2) is 0 Å². The highest BCUT2D eigenvalue weighted by Crippen LogP contribution is 2.33. The predicted molar refractivity (Wildman–Crippen MR) is 92.2 cm³/mol. The van der Waals surface area contributed by atoms with Crippen LogP contribution in [0.3, 0.4) is 0 Å². The van der Waals surface area contributed by atoms with E-state index in [1.54, 1.807) is 22.7 Å². The van der Waals surface area contributed by atoms with Crippen LogP contribution < -0.4 is 5.73 Å². The maximum absolute atomic E-state index is 6.28. The summed E-state index contributed by atoms with van der Waals surface area (Å²) < 4.78 is 0. The van der Waals surface area contributed by atoms with Gasteiger partial charge in [-0.15, -0.1) is 22.7 Å². The summed E-state index contributed by atoms with van der Waals surface area (Å²) >= 11 is 9.56. The number of halogens is 1. The lowest BCUT2D eigenvalue weighted by Crippen LogP contribution is -2.12. The summed E-state index contributed by atoms with van der Waals surface area (Å²) in [6.07, 6.45) is 0.719. The average Bonchev–Trinajstić information content (AvgIpc) is 3.08. The molecular weight excluding hydrogens is 320 g/mol. The fourth-order valence-corrected chi connectivity index (χ4v) is 4.33. The number of rotatable bonds is 4. The second-order valence-electron chi connectivity index (χ2n) is 4.90. The van der Waals surface area contributed by atoms with Gasteiger partial charge in [-0.1, -0.05) is 41.9 Å². The summed E-state index contributed by atoms with van der Waals surface area (Å²) in [5.74, 6) is 0.